The molecule has 6 nitrogen and oxygen atoms in total. The number of fused-ring (bicyclic) bond motifs is 1. The Labute approximate surface area is 157 Å². The highest BCUT2D eigenvalue weighted by atomic mass is 32.2. The Morgan fingerprint density at radius 2 is 1.96 bits per heavy atom. The van der Waals surface area contributed by atoms with E-state index in [-0.39, 0.29) is 35.2 Å². The quantitative estimate of drug-likeness (QED) is 0.574. The second-order valence-corrected chi connectivity index (χ2v) is 10.2. The first-order valence-corrected chi connectivity index (χ1v) is 11.6. The van der Waals surface area contributed by atoms with Crippen LogP contribution in [0, 0.1) is 6.92 Å². The van der Waals surface area contributed by atoms with Gasteiger partial charge in [0.15, 0.2) is 9.84 Å². The molecule has 138 valence electrons. The molecule has 2 heterocycles. The maximum Gasteiger partial charge on any atom is 0.233 e. The van der Waals surface area contributed by atoms with Gasteiger partial charge < -0.3 is 4.90 Å². The summed E-state index contributed by atoms with van der Waals surface area (Å²) in [6, 6.07) is 7.82. The summed E-state index contributed by atoms with van der Waals surface area (Å²) in [6.07, 6.45) is 2.51. The molecule has 0 radical (unpaired) electrons. The number of carbonyl (C=O) groups excluding carboxylic acids is 1. The first-order valence-electron chi connectivity index (χ1n) is 8.81. The molecule has 1 saturated carbocycles. The van der Waals surface area contributed by atoms with E-state index in [0.717, 1.165) is 28.8 Å². The highest BCUT2D eigenvalue weighted by Crippen LogP contribution is 2.34. The molecule has 1 aliphatic heterocycles. The smallest absolute Gasteiger partial charge is 0.233 e. The Morgan fingerprint density at radius 3 is 2.65 bits per heavy atom. The Kier molecular flexibility index (Phi) is 4.64. The van der Waals surface area contributed by atoms with Gasteiger partial charge in [0, 0.05) is 17.5 Å². The molecule has 2 fully saturated rings. The monoisotopic (exact) mass is 391 g/mol. The van der Waals surface area contributed by atoms with Crippen LogP contribution in [0.1, 0.15) is 25.1 Å². The van der Waals surface area contributed by atoms with Crippen LogP contribution in [0.2, 0.25) is 0 Å². The van der Waals surface area contributed by atoms with Gasteiger partial charge in [-0.1, -0.05) is 30.0 Å². The topological polar surface area (TPSA) is 80.2 Å². The van der Waals surface area contributed by atoms with E-state index in [0.29, 0.717) is 12.2 Å². The standard InChI is InChI=1S/C18H21N3O3S2/c1-12-19-16-5-3-2-4-15(16)18(20-12)25-10-17(22)21(13-6-7-13)14-8-9-26(23,24)11-14/h2-5,13-14H,6-11H2,1H3/t14-/m1/s1. The molecule has 8 heteroatoms. The molecular weight excluding hydrogens is 370 g/mol. The highest BCUT2D eigenvalue weighted by molar-refractivity contribution is 8.00. The third-order valence-corrected chi connectivity index (χ3v) is 7.57. The molecule has 0 spiro atoms. The fraction of sp³-hybridized carbons (Fsp3) is 0.500. The highest BCUT2D eigenvalue weighted by Gasteiger charge is 2.41. The summed E-state index contributed by atoms with van der Waals surface area (Å²) in [5.41, 5.74) is 0.871. The molecule has 1 saturated heterocycles. The van der Waals surface area contributed by atoms with Gasteiger partial charge in [0.25, 0.3) is 0 Å². The number of hydrogen-bond donors (Lipinski definition) is 0. The van der Waals surface area contributed by atoms with Crippen molar-refractivity contribution in [3.05, 3.63) is 30.1 Å². The van der Waals surface area contributed by atoms with Crippen molar-refractivity contribution in [3.8, 4) is 0 Å². The van der Waals surface area contributed by atoms with Crippen LogP contribution in [0.3, 0.4) is 0 Å². The lowest BCUT2D eigenvalue weighted by atomic mass is 10.2. The Bertz CT molecular complexity index is 957. The third kappa shape index (κ3) is 3.71. The molecule has 1 atom stereocenters. The largest absolute Gasteiger partial charge is 0.335 e. The van der Waals surface area contributed by atoms with Crippen LogP contribution in [-0.4, -0.2) is 58.5 Å². The number of aromatic nitrogens is 2. The van der Waals surface area contributed by atoms with Crippen molar-refractivity contribution in [2.45, 2.75) is 43.3 Å². The van der Waals surface area contributed by atoms with Gasteiger partial charge in [-0.05, 0) is 32.3 Å². The third-order valence-electron chi connectivity index (χ3n) is 4.84. The minimum absolute atomic E-state index is 0.0138. The van der Waals surface area contributed by atoms with Gasteiger partial charge in [-0.2, -0.15) is 0 Å². The zero-order chi connectivity index (χ0) is 18.3. The van der Waals surface area contributed by atoms with Crippen LogP contribution in [0.25, 0.3) is 10.9 Å². The summed E-state index contributed by atoms with van der Waals surface area (Å²) in [5.74, 6) is 1.26. The van der Waals surface area contributed by atoms with E-state index >= 15 is 0 Å². The number of para-hydroxylation sites is 1. The van der Waals surface area contributed by atoms with E-state index < -0.39 is 9.84 Å². The van der Waals surface area contributed by atoms with Crippen LogP contribution in [0.4, 0.5) is 0 Å². The fourth-order valence-corrected chi connectivity index (χ4v) is 6.17. The van der Waals surface area contributed by atoms with Gasteiger partial charge in [-0.3, -0.25) is 4.79 Å². The second kappa shape index (κ2) is 6.81. The summed E-state index contributed by atoms with van der Waals surface area (Å²) < 4.78 is 23.6. The fourth-order valence-electron chi connectivity index (χ4n) is 3.53. The molecule has 26 heavy (non-hydrogen) atoms. The van der Waals surface area contributed by atoms with Crippen molar-refractivity contribution < 1.29 is 13.2 Å². The lowest BCUT2D eigenvalue weighted by Crippen LogP contribution is -2.43. The maximum absolute atomic E-state index is 12.9. The van der Waals surface area contributed by atoms with Crippen molar-refractivity contribution in [1.82, 2.24) is 14.9 Å². The number of aryl methyl sites for hydroxylation is 1. The molecule has 4 rings (SSSR count). The van der Waals surface area contributed by atoms with Crippen LogP contribution < -0.4 is 0 Å². The van der Waals surface area contributed by atoms with Crippen molar-refractivity contribution in [2.75, 3.05) is 17.3 Å². The van der Waals surface area contributed by atoms with Crippen molar-refractivity contribution in [3.63, 3.8) is 0 Å². The number of amides is 1. The Balaban J connectivity index is 1.51. The number of thioether (sulfide) groups is 1. The minimum Gasteiger partial charge on any atom is -0.335 e. The molecule has 0 unspecified atom stereocenters. The first-order chi connectivity index (χ1) is 12.4. The first kappa shape index (κ1) is 17.7. The molecule has 0 N–H and O–H groups in total. The van der Waals surface area contributed by atoms with Crippen molar-refractivity contribution in [2.24, 2.45) is 0 Å². The summed E-state index contributed by atoms with van der Waals surface area (Å²) in [7, 11) is -3.00. The number of rotatable bonds is 5. The van der Waals surface area contributed by atoms with E-state index in [9.17, 15) is 13.2 Å². The van der Waals surface area contributed by atoms with Crippen LogP contribution in [0.15, 0.2) is 29.3 Å². The summed E-state index contributed by atoms with van der Waals surface area (Å²) >= 11 is 1.41. The van der Waals surface area contributed by atoms with Crippen LogP contribution in [-0.2, 0) is 14.6 Å². The number of carbonyl (C=O) groups is 1. The minimum atomic E-state index is -3.00. The van der Waals surface area contributed by atoms with Crippen molar-refractivity contribution >= 4 is 38.4 Å². The Hall–Kier alpha value is -1.67. The SMILES string of the molecule is Cc1nc(SCC(=O)N(C2CC2)[C@@H]2CCS(=O)(=O)C2)c2ccccc2n1. The summed E-state index contributed by atoms with van der Waals surface area (Å²) in [4.78, 5) is 23.7. The van der Waals surface area contributed by atoms with Gasteiger partial charge in [0.05, 0.1) is 22.8 Å². The molecule has 2 aliphatic rings. The van der Waals surface area contributed by atoms with Gasteiger partial charge in [-0.25, -0.2) is 18.4 Å². The van der Waals surface area contributed by atoms with E-state index in [1.54, 1.807) is 0 Å². The average molecular weight is 392 g/mol. The van der Waals surface area contributed by atoms with Gasteiger partial charge >= 0.3 is 0 Å². The molecule has 1 amide bonds. The predicted molar refractivity (Wildman–Crippen MR) is 102 cm³/mol. The number of benzene rings is 1. The normalized spacial score (nSPS) is 21.8. The second-order valence-electron chi connectivity index (χ2n) is 6.97. The molecule has 1 aromatic carbocycles. The van der Waals surface area contributed by atoms with E-state index in [1.165, 1.54) is 11.8 Å². The van der Waals surface area contributed by atoms with E-state index in [4.69, 9.17) is 0 Å². The lowest BCUT2D eigenvalue weighted by molar-refractivity contribution is -0.130. The predicted octanol–water partition coefficient (Wildman–Crippen LogP) is 2.21. The molecule has 1 aromatic heterocycles. The van der Waals surface area contributed by atoms with Crippen LogP contribution in [0.5, 0.6) is 0 Å². The molecular formula is C18H21N3O3S2. The number of sulfone groups is 1. The zero-order valence-corrected chi connectivity index (χ0v) is 16.2. The average Bonchev–Trinajstić information content (AvgIpc) is 3.36. The lowest BCUT2D eigenvalue weighted by Gasteiger charge is -2.28. The van der Waals surface area contributed by atoms with Gasteiger partial charge in [0.2, 0.25) is 5.91 Å². The molecule has 0 bridgehead atoms. The summed E-state index contributed by atoms with van der Waals surface area (Å²) in [5, 5.41) is 1.74. The number of nitrogens with zero attached hydrogens (tertiary/aromatic N) is 3. The Morgan fingerprint density at radius 1 is 1.19 bits per heavy atom. The van der Waals surface area contributed by atoms with Gasteiger partial charge in [0.1, 0.15) is 10.9 Å². The molecule has 1 aliphatic carbocycles. The van der Waals surface area contributed by atoms with Gasteiger partial charge in [-0.15, -0.1) is 0 Å². The summed E-state index contributed by atoms with van der Waals surface area (Å²) in [6.45, 7) is 1.85. The zero-order valence-electron chi connectivity index (χ0n) is 14.6. The van der Waals surface area contributed by atoms with E-state index in [2.05, 4.69) is 9.97 Å². The maximum atomic E-state index is 12.9. The van der Waals surface area contributed by atoms with Crippen LogP contribution >= 0.6 is 11.8 Å². The number of hydrogen-bond acceptors (Lipinski definition) is 6. The molecule has 2 aromatic rings. The van der Waals surface area contributed by atoms with E-state index in [1.807, 2.05) is 36.1 Å². The van der Waals surface area contributed by atoms with Crippen molar-refractivity contribution in [1.29, 1.82) is 0 Å².